The second-order valence-electron chi connectivity index (χ2n) is 3.41. The molecule has 0 radical (unpaired) electrons. The van der Waals surface area contributed by atoms with Gasteiger partial charge in [-0.25, -0.2) is 0 Å². The highest BCUT2D eigenvalue weighted by Crippen LogP contribution is 1.93. The van der Waals surface area contributed by atoms with Gasteiger partial charge in [0.1, 0.15) is 0 Å². The van der Waals surface area contributed by atoms with Gasteiger partial charge >= 0.3 is 5.97 Å². The summed E-state index contributed by atoms with van der Waals surface area (Å²) in [5, 5.41) is 14.1. The number of amides is 1. The Morgan fingerprint density at radius 1 is 1.07 bits per heavy atom. The second kappa shape index (κ2) is 9.45. The molecule has 1 amide bonds. The molecule has 3 N–H and O–H groups in total. The zero-order valence-electron chi connectivity index (χ0n) is 9.21. The number of nitrogens with one attached hydrogen (secondary N) is 2. The molecule has 0 aromatic rings. The largest absolute Gasteiger partial charge is 0.481 e. The average Bonchev–Trinajstić information content (AvgIpc) is 2.20. The highest BCUT2D eigenvalue weighted by molar-refractivity contribution is 5.80. The molecule has 88 valence electrons. The standard InChI is InChI=1S/C10H20N2O3/c1-11-7-3-2-4-8-12-9(13)5-6-10(14)15/h11H,2-8H2,1H3,(H,12,13)(H,14,15). The number of hydrogen-bond acceptors (Lipinski definition) is 3. The van der Waals surface area contributed by atoms with Crippen molar-refractivity contribution in [1.29, 1.82) is 0 Å². The van der Waals surface area contributed by atoms with E-state index in [1.165, 1.54) is 0 Å². The molecule has 0 saturated heterocycles. The summed E-state index contributed by atoms with van der Waals surface area (Å²) in [7, 11) is 1.91. The minimum absolute atomic E-state index is 0.0752. The molecule has 0 fully saturated rings. The van der Waals surface area contributed by atoms with Crippen LogP contribution in [0.3, 0.4) is 0 Å². The van der Waals surface area contributed by atoms with Crippen LogP contribution in [0.15, 0.2) is 0 Å². The van der Waals surface area contributed by atoms with Crippen LogP contribution in [-0.4, -0.2) is 37.1 Å². The zero-order chi connectivity index (χ0) is 11.5. The molecule has 5 nitrogen and oxygen atoms in total. The van der Waals surface area contributed by atoms with E-state index in [9.17, 15) is 9.59 Å². The van der Waals surface area contributed by atoms with Crippen molar-refractivity contribution in [2.45, 2.75) is 32.1 Å². The number of carbonyl (C=O) groups is 2. The van der Waals surface area contributed by atoms with Crippen LogP contribution < -0.4 is 10.6 Å². The molecule has 0 unspecified atom stereocenters. The van der Waals surface area contributed by atoms with Gasteiger partial charge in [0.15, 0.2) is 0 Å². The maximum Gasteiger partial charge on any atom is 0.303 e. The first-order chi connectivity index (χ1) is 7.16. The number of carbonyl (C=O) groups excluding carboxylic acids is 1. The van der Waals surface area contributed by atoms with Crippen molar-refractivity contribution in [3.63, 3.8) is 0 Å². The Hall–Kier alpha value is -1.10. The van der Waals surface area contributed by atoms with Crippen LogP contribution in [0.1, 0.15) is 32.1 Å². The summed E-state index contributed by atoms with van der Waals surface area (Å²) in [6.07, 6.45) is 3.10. The number of hydrogen-bond donors (Lipinski definition) is 3. The van der Waals surface area contributed by atoms with Crippen LogP contribution in [0.5, 0.6) is 0 Å². The Morgan fingerprint density at radius 2 is 1.73 bits per heavy atom. The Balaban J connectivity index is 3.20. The number of rotatable bonds is 9. The van der Waals surface area contributed by atoms with Crippen LogP contribution in [0, 0.1) is 0 Å². The van der Waals surface area contributed by atoms with Gasteiger partial charge in [-0.05, 0) is 26.4 Å². The van der Waals surface area contributed by atoms with E-state index in [0.29, 0.717) is 6.54 Å². The van der Waals surface area contributed by atoms with Crippen molar-refractivity contribution in [3.05, 3.63) is 0 Å². The van der Waals surface area contributed by atoms with Crippen molar-refractivity contribution < 1.29 is 14.7 Å². The molecule has 15 heavy (non-hydrogen) atoms. The third-order valence-corrected chi connectivity index (χ3v) is 1.99. The molecular formula is C10H20N2O3. The van der Waals surface area contributed by atoms with E-state index >= 15 is 0 Å². The normalized spacial score (nSPS) is 9.93. The lowest BCUT2D eigenvalue weighted by atomic mass is 10.2. The van der Waals surface area contributed by atoms with Crippen molar-refractivity contribution in [3.8, 4) is 0 Å². The van der Waals surface area contributed by atoms with E-state index < -0.39 is 5.97 Å². The van der Waals surface area contributed by atoms with Gasteiger partial charge in [-0.3, -0.25) is 9.59 Å². The molecule has 0 aliphatic rings. The minimum Gasteiger partial charge on any atom is -0.481 e. The SMILES string of the molecule is CNCCCCCNC(=O)CCC(=O)O. The van der Waals surface area contributed by atoms with E-state index in [-0.39, 0.29) is 18.7 Å². The fraction of sp³-hybridized carbons (Fsp3) is 0.800. The molecule has 0 heterocycles. The highest BCUT2D eigenvalue weighted by atomic mass is 16.4. The smallest absolute Gasteiger partial charge is 0.303 e. The van der Waals surface area contributed by atoms with Gasteiger partial charge in [-0.15, -0.1) is 0 Å². The summed E-state index contributed by atoms with van der Waals surface area (Å²) in [6, 6.07) is 0. The fourth-order valence-electron chi connectivity index (χ4n) is 1.14. The summed E-state index contributed by atoms with van der Waals surface area (Å²) >= 11 is 0. The number of unbranched alkanes of at least 4 members (excludes halogenated alkanes) is 2. The van der Waals surface area contributed by atoms with Gasteiger partial charge in [0, 0.05) is 13.0 Å². The predicted molar refractivity (Wildman–Crippen MR) is 57.7 cm³/mol. The lowest BCUT2D eigenvalue weighted by molar-refractivity contribution is -0.138. The van der Waals surface area contributed by atoms with Gasteiger partial charge in [0.05, 0.1) is 6.42 Å². The average molecular weight is 216 g/mol. The molecule has 0 atom stereocenters. The van der Waals surface area contributed by atoms with E-state index in [1.807, 2.05) is 7.05 Å². The second-order valence-corrected chi connectivity index (χ2v) is 3.41. The molecule has 0 aliphatic carbocycles. The maximum atomic E-state index is 11.0. The predicted octanol–water partition coefficient (Wildman–Crippen LogP) is 0.357. The molecule has 0 aliphatic heterocycles. The van der Waals surface area contributed by atoms with Crippen molar-refractivity contribution in [2.24, 2.45) is 0 Å². The Morgan fingerprint density at radius 3 is 2.33 bits per heavy atom. The molecule has 0 saturated carbocycles. The van der Waals surface area contributed by atoms with Gasteiger partial charge in [0.25, 0.3) is 0 Å². The fourth-order valence-corrected chi connectivity index (χ4v) is 1.14. The highest BCUT2D eigenvalue weighted by Gasteiger charge is 2.03. The van der Waals surface area contributed by atoms with Crippen LogP contribution in [-0.2, 0) is 9.59 Å². The lowest BCUT2D eigenvalue weighted by Crippen LogP contribution is -2.24. The number of carboxylic acids is 1. The first kappa shape index (κ1) is 13.9. The Labute approximate surface area is 90.2 Å². The van der Waals surface area contributed by atoms with Crippen LogP contribution in [0.25, 0.3) is 0 Å². The van der Waals surface area contributed by atoms with Gasteiger partial charge < -0.3 is 15.7 Å². The Bertz CT molecular complexity index is 195. The van der Waals surface area contributed by atoms with Crippen LogP contribution in [0.4, 0.5) is 0 Å². The van der Waals surface area contributed by atoms with Gasteiger partial charge in [0.2, 0.25) is 5.91 Å². The molecule has 0 aromatic carbocycles. The lowest BCUT2D eigenvalue weighted by Gasteiger charge is -2.03. The first-order valence-corrected chi connectivity index (χ1v) is 5.30. The number of carboxylic acid groups (broad SMARTS) is 1. The van der Waals surface area contributed by atoms with Crippen LogP contribution in [0.2, 0.25) is 0 Å². The van der Waals surface area contributed by atoms with Crippen molar-refractivity contribution in [1.82, 2.24) is 10.6 Å². The topological polar surface area (TPSA) is 78.4 Å². The quantitative estimate of drug-likeness (QED) is 0.486. The zero-order valence-corrected chi connectivity index (χ0v) is 9.21. The summed E-state index contributed by atoms with van der Waals surface area (Å²) < 4.78 is 0. The molecule has 0 bridgehead atoms. The molecule has 0 spiro atoms. The van der Waals surface area contributed by atoms with Crippen molar-refractivity contribution >= 4 is 11.9 Å². The number of aliphatic carboxylic acids is 1. The first-order valence-electron chi connectivity index (χ1n) is 5.30. The minimum atomic E-state index is -0.931. The summed E-state index contributed by atoms with van der Waals surface area (Å²) in [5.74, 6) is -1.11. The van der Waals surface area contributed by atoms with E-state index in [1.54, 1.807) is 0 Å². The Kier molecular flexibility index (Phi) is 8.76. The third-order valence-electron chi connectivity index (χ3n) is 1.99. The summed E-state index contributed by atoms with van der Waals surface area (Å²) in [4.78, 5) is 21.2. The van der Waals surface area contributed by atoms with Gasteiger partial charge in [-0.2, -0.15) is 0 Å². The maximum absolute atomic E-state index is 11.0. The van der Waals surface area contributed by atoms with Crippen molar-refractivity contribution in [2.75, 3.05) is 20.1 Å². The third kappa shape index (κ3) is 10.8. The molecule has 5 heteroatoms. The van der Waals surface area contributed by atoms with Crippen LogP contribution >= 0.6 is 0 Å². The van der Waals surface area contributed by atoms with E-state index in [0.717, 1.165) is 25.8 Å². The summed E-state index contributed by atoms with van der Waals surface area (Å²) in [6.45, 7) is 1.63. The monoisotopic (exact) mass is 216 g/mol. The van der Waals surface area contributed by atoms with Gasteiger partial charge in [-0.1, -0.05) is 6.42 Å². The van der Waals surface area contributed by atoms with E-state index in [4.69, 9.17) is 5.11 Å². The molecule has 0 rings (SSSR count). The molecular weight excluding hydrogens is 196 g/mol. The summed E-state index contributed by atoms with van der Waals surface area (Å²) in [5.41, 5.74) is 0. The molecule has 0 aromatic heterocycles. The van der Waals surface area contributed by atoms with E-state index in [2.05, 4.69) is 10.6 Å².